The number of rotatable bonds is 3. The minimum absolute atomic E-state index is 0.234. The molecule has 1 radical (unpaired) electrons. The normalized spacial score (nSPS) is 31.6. The Balaban J connectivity index is 2.84. The van der Waals surface area contributed by atoms with Crippen molar-refractivity contribution in [1.82, 2.24) is 0 Å². The molecule has 1 N–H and O–H groups in total. The van der Waals surface area contributed by atoms with Gasteiger partial charge < -0.3 is 14.6 Å². The summed E-state index contributed by atoms with van der Waals surface area (Å²) in [6.45, 7) is 3.74. The Morgan fingerprint density at radius 2 is 1.67 bits per heavy atom. The number of carbonyl (C=O) groups excluding carboxylic acids is 3. The lowest BCUT2D eigenvalue weighted by Gasteiger charge is -2.37. The Hall–Kier alpha value is -1.08. The van der Waals surface area contributed by atoms with Crippen LogP contribution in [0.3, 0.4) is 0 Å². The van der Waals surface area contributed by atoms with E-state index < -0.39 is 35.5 Å². The van der Waals surface area contributed by atoms with Gasteiger partial charge >= 0.3 is 11.9 Å². The molecule has 0 aromatic rings. The zero-order valence-electron chi connectivity index (χ0n) is 10.3. The van der Waals surface area contributed by atoms with Crippen molar-refractivity contribution in [3.8, 4) is 0 Å². The Bertz CT molecular complexity index is 353. The quantitative estimate of drug-likeness (QED) is 0.729. The lowest BCUT2D eigenvalue weighted by molar-refractivity contribution is -0.172. The molecule has 4 atom stereocenters. The van der Waals surface area contributed by atoms with Crippen LogP contribution in [0, 0.1) is 5.75 Å². The minimum Gasteiger partial charge on any atom is -0.457 e. The predicted molar refractivity (Wildman–Crippen MR) is 63.5 cm³/mol. The molecule has 6 nitrogen and oxygen atoms in total. The number of aliphatic hydroxyl groups is 1. The summed E-state index contributed by atoms with van der Waals surface area (Å²) in [4.78, 5) is 33.2. The highest BCUT2D eigenvalue weighted by atomic mass is 32.2. The van der Waals surface area contributed by atoms with Crippen LogP contribution in [0.15, 0.2) is 0 Å². The number of aliphatic hydroxyl groups excluding tert-OH is 1. The summed E-state index contributed by atoms with van der Waals surface area (Å²) in [5, 5.41) is 9.28. The number of hydrogen-bond acceptors (Lipinski definition) is 7. The number of Topliss-reactive ketones (excluding diaryl/α,β-unsaturated/α-hetero) is 1. The fourth-order valence-electron chi connectivity index (χ4n) is 1.64. The van der Waals surface area contributed by atoms with E-state index in [-0.39, 0.29) is 5.78 Å². The van der Waals surface area contributed by atoms with E-state index in [1.165, 1.54) is 26.5 Å². The smallest absolute Gasteiger partial charge is 0.303 e. The molecule has 0 aromatic heterocycles. The van der Waals surface area contributed by atoms with Gasteiger partial charge in [-0.05, 0) is 6.92 Å². The molecule has 1 aliphatic heterocycles. The molecule has 0 saturated carbocycles. The molecule has 1 saturated heterocycles. The molecule has 0 bridgehead atoms. The second kappa shape index (κ2) is 6.19. The molecule has 0 aliphatic carbocycles. The van der Waals surface area contributed by atoms with Crippen molar-refractivity contribution >= 4 is 29.5 Å². The van der Waals surface area contributed by atoms with Gasteiger partial charge in [0.25, 0.3) is 0 Å². The molecule has 7 heteroatoms. The third-order valence-electron chi connectivity index (χ3n) is 2.33. The maximum Gasteiger partial charge on any atom is 0.303 e. The fourth-order valence-corrected chi connectivity index (χ4v) is 2.68. The summed E-state index contributed by atoms with van der Waals surface area (Å²) in [5.41, 5.74) is 0. The number of esters is 2. The molecule has 1 aliphatic rings. The maximum atomic E-state index is 11.3. The van der Waals surface area contributed by atoms with Crippen LogP contribution in [-0.4, -0.2) is 46.4 Å². The van der Waals surface area contributed by atoms with E-state index in [1.54, 1.807) is 0 Å². The van der Waals surface area contributed by atoms with Gasteiger partial charge in [-0.1, -0.05) is 0 Å². The van der Waals surface area contributed by atoms with E-state index in [9.17, 15) is 19.5 Å². The Morgan fingerprint density at radius 1 is 1.11 bits per heavy atom. The second-order valence-corrected chi connectivity index (χ2v) is 4.99. The summed E-state index contributed by atoms with van der Waals surface area (Å²) < 4.78 is 9.87. The zero-order valence-corrected chi connectivity index (χ0v) is 11.1. The Morgan fingerprint density at radius 3 is 2.11 bits per heavy atom. The topological polar surface area (TPSA) is 89.9 Å². The van der Waals surface area contributed by atoms with Crippen LogP contribution in [0.5, 0.6) is 0 Å². The highest BCUT2D eigenvalue weighted by molar-refractivity contribution is 8.02. The number of ketones is 1. The highest BCUT2D eigenvalue weighted by Gasteiger charge is 2.45. The van der Waals surface area contributed by atoms with Crippen LogP contribution in [-0.2, 0) is 23.9 Å². The van der Waals surface area contributed by atoms with Crippen molar-refractivity contribution in [3.05, 3.63) is 5.75 Å². The van der Waals surface area contributed by atoms with Gasteiger partial charge in [0.2, 0.25) is 0 Å². The first kappa shape index (κ1) is 15.0. The van der Waals surface area contributed by atoms with Gasteiger partial charge in [0, 0.05) is 13.8 Å². The summed E-state index contributed by atoms with van der Waals surface area (Å²) >= 11 is 1.07. The van der Waals surface area contributed by atoms with Gasteiger partial charge in [-0.2, -0.15) is 0 Å². The largest absolute Gasteiger partial charge is 0.457 e. The van der Waals surface area contributed by atoms with Crippen LogP contribution < -0.4 is 0 Å². The van der Waals surface area contributed by atoms with Gasteiger partial charge in [0.05, 0.1) is 11.0 Å². The molecule has 0 aromatic carbocycles. The van der Waals surface area contributed by atoms with Crippen LogP contribution in [0.25, 0.3) is 0 Å². The van der Waals surface area contributed by atoms with Crippen molar-refractivity contribution in [2.24, 2.45) is 0 Å². The van der Waals surface area contributed by atoms with Crippen molar-refractivity contribution in [2.75, 3.05) is 0 Å². The number of carbonyl (C=O) groups is 3. The third-order valence-corrected chi connectivity index (χ3v) is 3.66. The van der Waals surface area contributed by atoms with E-state index in [4.69, 9.17) is 9.47 Å². The molecule has 1 unspecified atom stereocenters. The second-order valence-electron chi connectivity index (χ2n) is 3.94. The van der Waals surface area contributed by atoms with E-state index >= 15 is 0 Å². The molecular weight excluding hydrogens is 260 g/mol. The van der Waals surface area contributed by atoms with Gasteiger partial charge in [-0.25, -0.2) is 0 Å². The molecule has 0 amide bonds. The lowest BCUT2D eigenvalue weighted by atomic mass is 10.0. The Labute approximate surface area is 109 Å². The number of hydrogen-bond donors (Lipinski definition) is 1. The summed E-state index contributed by atoms with van der Waals surface area (Å²) in [5.74, 6) is 0.0943. The SMILES string of the molecule is CC(=O)O[C@H]1[C@@H](OC(C)=O)[CH]SC(C(C)=O)[C@H]1O. The number of ether oxygens (including phenoxy) is 2. The van der Waals surface area contributed by atoms with E-state index in [0.717, 1.165) is 11.8 Å². The van der Waals surface area contributed by atoms with Gasteiger partial charge in [-0.15, -0.1) is 11.8 Å². The number of thioether (sulfide) groups is 1. The average molecular weight is 275 g/mol. The van der Waals surface area contributed by atoms with Crippen molar-refractivity contribution in [1.29, 1.82) is 0 Å². The van der Waals surface area contributed by atoms with Crippen LogP contribution >= 0.6 is 11.8 Å². The van der Waals surface area contributed by atoms with E-state index in [0.29, 0.717) is 0 Å². The van der Waals surface area contributed by atoms with Gasteiger partial charge in [0.1, 0.15) is 11.9 Å². The van der Waals surface area contributed by atoms with Crippen LogP contribution in [0.1, 0.15) is 20.8 Å². The van der Waals surface area contributed by atoms with Crippen molar-refractivity contribution in [2.45, 2.75) is 44.3 Å². The third kappa shape index (κ3) is 3.71. The van der Waals surface area contributed by atoms with Crippen molar-refractivity contribution in [3.63, 3.8) is 0 Å². The highest BCUT2D eigenvalue weighted by Crippen LogP contribution is 2.33. The molecular formula is C11H15O6S. The maximum absolute atomic E-state index is 11.3. The minimum atomic E-state index is -1.20. The molecule has 0 spiro atoms. The van der Waals surface area contributed by atoms with Crippen LogP contribution in [0.4, 0.5) is 0 Å². The van der Waals surface area contributed by atoms with E-state index in [1.807, 2.05) is 0 Å². The lowest BCUT2D eigenvalue weighted by Crippen LogP contribution is -2.52. The summed E-state index contributed by atoms with van der Waals surface area (Å²) in [6.07, 6.45) is -3.12. The standard InChI is InChI=1S/C11H15O6S/c1-5(12)11-9(15)10(17-7(3)14)8(4-18-11)16-6(2)13/h4,8-11,15H,1-3H3/t8-,9-,10-,11?/m0/s1. The average Bonchev–Trinajstić information content (AvgIpc) is 2.21. The first-order valence-electron chi connectivity index (χ1n) is 5.34. The predicted octanol–water partition coefficient (Wildman–Crippen LogP) is 0.0769. The fraction of sp³-hybridized carbons (Fsp3) is 0.636. The van der Waals surface area contributed by atoms with Gasteiger partial charge in [-0.3, -0.25) is 14.4 Å². The van der Waals surface area contributed by atoms with Crippen LogP contribution in [0.2, 0.25) is 0 Å². The monoisotopic (exact) mass is 275 g/mol. The first-order chi connectivity index (χ1) is 8.32. The molecule has 1 heterocycles. The Kier molecular flexibility index (Phi) is 5.15. The van der Waals surface area contributed by atoms with Crippen molar-refractivity contribution < 1.29 is 29.0 Å². The molecule has 1 rings (SSSR count). The molecule has 1 fully saturated rings. The van der Waals surface area contributed by atoms with Gasteiger partial charge in [0.15, 0.2) is 12.2 Å². The molecule has 101 valence electrons. The summed E-state index contributed by atoms with van der Waals surface area (Å²) in [6, 6.07) is 0. The first-order valence-corrected chi connectivity index (χ1v) is 6.29. The summed E-state index contributed by atoms with van der Waals surface area (Å²) in [7, 11) is 0. The zero-order chi connectivity index (χ0) is 13.9. The molecule has 18 heavy (non-hydrogen) atoms. The van der Waals surface area contributed by atoms with E-state index in [2.05, 4.69) is 0 Å².